The highest BCUT2D eigenvalue weighted by Crippen LogP contribution is 2.40. The molecule has 19 heavy (non-hydrogen) atoms. The van der Waals surface area contributed by atoms with Crippen LogP contribution in [0.25, 0.3) is 0 Å². The van der Waals surface area contributed by atoms with Crippen molar-refractivity contribution in [2.45, 2.75) is 27.1 Å². The Morgan fingerprint density at radius 1 is 1.53 bits per heavy atom. The summed E-state index contributed by atoms with van der Waals surface area (Å²) in [6.45, 7) is 5.70. The molecule has 0 spiro atoms. The van der Waals surface area contributed by atoms with Gasteiger partial charge in [-0.1, -0.05) is 23.2 Å². The number of anilines is 1. The van der Waals surface area contributed by atoms with E-state index in [-0.39, 0.29) is 15.8 Å². The molecule has 0 fully saturated rings. The van der Waals surface area contributed by atoms with Gasteiger partial charge in [0.1, 0.15) is 0 Å². The largest absolute Gasteiger partial charge is 0.755 e. The minimum absolute atomic E-state index is 0.204. The molecule has 108 valence electrons. The minimum Gasteiger partial charge on any atom is -0.755 e. The standard InChI is InChI=1S/C11H15Cl2NO4S/c1-4-17-7(3)18-11-8(12)5-9(14-19(15)16)6(2)10(11)13/h5,7,14H,4H2,1-3H3,(H,15,16)/p-1. The number of hydrogen-bond acceptors (Lipinski definition) is 4. The first kappa shape index (κ1) is 16.5. The van der Waals surface area contributed by atoms with Crippen molar-refractivity contribution in [1.82, 2.24) is 0 Å². The first-order valence-corrected chi connectivity index (χ1v) is 7.32. The smallest absolute Gasteiger partial charge is 0.197 e. The van der Waals surface area contributed by atoms with Crippen molar-refractivity contribution in [2.24, 2.45) is 0 Å². The van der Waals surface area contributed by atoms with Gasteiger partial charge in [-0.2, -0.15) is 0 Å². The molecule has 8 heteroatoms. The fourth-order valence-electron chi connectivity index (χ4n) is 1.43. The Morgan fingerprint density at radius 3 is 2.68 bits per heavy atom. The van der Waals surface area contributed by atoms with Crippen molar-refractivity contribution < 1.29 is 18.2 Å². The molecule has 1 aromatic carbocycles. The molecule has 0 aromatic heterocycles. The van der Waals surface area contributed by atoms with Gasteiger partial charge >= 0.3 is 0 Å². The van der Waals surface area contributed by atoms with Gasteiger partial charge in [-0.25, -0.2) is 0 Å². The van der Waals surface area contributed by atoms with Crippen LogP contribution in [0.2, 0.25) is 10.0 Å². The van der Waals surface area contributed by atoms with Crippen LogP contribution in [0.4, 0.5) is 5.69 Å². The molecule has 0 heterocycles. The van der Waals surface area contributed by atoms with Crippen LogP contribution in [0.3, 0.4) is 0 Å². The molecular weight excluding hydrogens is 313 g/mol. The van der Waals surface area contributed by atoms with E-state index in [1.807, 2.05) is 6.92 Å². The zero-order valence-electron chi connectivity index (χ0n) is 10.7. The van der Waals surface area contributed by atoms with Crippen molar-refractivity contribution in [1.29, 1.82) is 0 Å². The summed E-state index contributed by atoms with van der Waals surface area (Å²) in [7, 11) is 0. The lowest BCUT2D eigenvalue weighted by atomic mass is 10.2. The summed E-state index contributed by atoms with van der Waals surface area (Å²) in [4.78, 5) is 0. The summed E-state index contributed by atoms with van der Waals surface area (Å²) in [6, 6.07) is 1.44. The van der Waals surface area contributed by atoms with Crippen LogP contribution in [0.15, 0.2) is 6.07 Å². The van der Waals surface area contributed by atoms with E-state index in [9.17, 15) is 8.76 Å². The Morgan fingerprint density at radius 2 is 2.16 bits per heavy atom. The lowest BCUT2D eigenvalue weighted by molar-refractivity contribution is -0.0612. The van der Waals surface area contributed by atoms with Crippen LogP contribution in [-0.4, -0.2) is 21.7 Å². The van der Waals surface area contributed by atoms with Crippen molar-refractivity contribution in [3.63, 3.8) is 0 Å². The third kappa shape index (κ3) is 4.50. The fourth-order valence-corrected chi connectivity index (χ4v) is 2.37. The second kappa shape index (κ2) is 7.31. The Kier molecular flexibility index (Phi) is 6.35. The highest BCUT2D eigenvalue weighted by molar-refractivity contribution is 7.80. The molecule has 1 rings (SSSR count). The zero-order chi connectivity index (χ0) is 14.6. The second-order valence-electron chi connectivity index (χ2n) is 3.65. The van der Waals surface area contributed by atoms with Gasteiger partial charge in [-0.3, -0.25) is 4.21 Å². The molecule has 0 radical (unpaired) electrons. The van der Waals surface area contributed by atoms with Crippen LogP contribution in [0, 0.1) is 6.92 Å². The normalized spacial score (nSPS) is 14.0. The van der Waals surface area contributed by atoms with Gasteiger partial charge in [-0.05, 0) is 32.4 Å². The number of benzene rings is 1. The first-order chi connectivity index (χ1) is 8.86. The summed E-state index contributed by atoms with van der Waals surface area (Å²) >= 11 is 9.71. The van der Waals surface area contributed by atoms with Gasteiger partial charge in [0.15, 0.2) is 12.0 Å². The van der Waals surface area contributed by atoms with Crippen LogP contribution in [-0.2, 0) is 16.0 Å². The molecule has 2 atom stereocenters. The van der Waals surface area contributed by atoms with Crippen molar-refractivity contribution in [3.05, 3.63) is 21.7 Å². The number of rotatable bonds is 6. The molecule has 0 aliphatic heterocycles. The third-order valence-corrected chi connectivity index (χ3v) is 3.42. The lowest BCUT2D eigenvalue weighted by Gasteiger charge is -2.20. The fraction of sp³-hybridized carbons (Fsp3) is 0.455. The van der Waals surface area contributed by atoms with Gasteiger partial charge in [0.05, 0.1) is 15.7 Å². The van der Waals surface area contributed by atoms with Crippen molar-refractivity contribution in [3.8, 4) is 5.75 Å². The van der Waals surface area contributed by atoms with Gasteiger partial charge in [0, 0.05) is 17.9 Å². The van der Waals surface area contributed by atoms with Gasteiger partial charge in [-0.15, -0.1) is 0 Å². The van der Waals surface area contributed by atoms with Crippen molar-refractivity contribution in [2.75, 3.05) is 11.3 Å². The topological polar surface area (TPSA) is 70.6 Å². The summed E-state index contributed by atoms with van der Waals surface area (Å²) < 4.78 is 34.2. The highest BCUT2D eigenvalue weighted by Gasteiger charge is 2.16. The summed E-state index contributed by atoms with van der Waals surface area (Å²) in [6.07, 6.45) is -0.508. The van der Waals surface area contributed by atoms with E-state index in [0.29, 0.717) is 17.9 Å². The number of nitrogens with one attached hydrogen (secondary N) is 1. The third-order valence-electron chi connectivity index (χ3n) is 2.30. The average Bonchev–Trinajstić information content (AvgIpc) is 2.31. The maximum atomic E-state index is 10.6. The molecular formula is C11H14Cl2NO4S-. The Hall–Kier alpha value is -0.530. The Balaban J connectivity index is 3.07. The number of ether oxygens (including phenoxy) is 2. The van der Waals surface area contributed by atoms with E-state index in [1.165, 1.54) is 6.07 Å². The maximum absolute atomic E-state index is 10.6. The van der Waals surface area contributed by atoms with Crippen molar-refractivity contribution >= 4 is 40.2 Å². The van der Waals surface area contributed by atoms with E-state index in [0.717, 1.165) is 0 Å². The van der Waals surface area contributed by atoms with Gasteiger partial charge in [0.2, 0.25) is 0 Å². The predicted octanol–water partition coefficient (Wildman–Crippen LogP) is 3.27. The van der Waals surface area contributed by atoms with Crippen LogP contribution in [0.1, 0.15) is 19.4 Å². The first-order valence-electron chi connectivity index (χ1n) is 5.49. The Labute approximate surface area is 124 Å². The molecule has 1 N–H and O–H groups in total. The van der Waals surface area contributed by atoms with Crippen LogP contribution >= 0.6 is 23.2 Å². The highest BCUT2D eigenvalue weighted by atomic mass is 35.5. The van der Waals surface area contributed by atoms with Gasteiger partial charge < -0.3 is 18.7 Å². The maximum Gasteiger partial charge on any atom is 0.197 e. The van der Waals surface area contributed by atoms with E-state index >= 15 is 0 Å². The molecule has 0 amide bonds. The second-order valence-corrected chi connectivity index (χ2v) is 5.11. The molecule has 0 bridgehead atoms. The lowest BCUT2D eigenvalue weighted by Crippen LogP contribution is -2.16. The molecule has 0 aliphatic carbocycles. The quantitative estimate of drug-likeness (QED) is 0.643. The SMILES string of the molecule is CCOC(C)Oc1c(Cl)cc(NS(=O)[O-])c(C)c1Cl. The molecule has 5 nitrogen and oxygen atoms in total. The number of hydrogen-bond donors (Lipinski definition) is 1. The van der Waals surface area contributed by atoms with E-state index in [2.05, 4.69) is 4.72 Å². The predicted molar refractivity (Wildman–Crippen MR) is 75.5 cm³/mol. The Bertz CT molecular complexity index is 484. The van der Waals surface area contributed by atoms with Crippen LogP contribution < -0.4 is 9.46 Å². The molecule has 0 saturated heterocycles. The van der Waals surface area contributed by atoms with E-state index < -0.39 is 17.6 Å². The van der Waals surface area contributed by atoms with E-state index in [1.54, 1.807) is 13.8 Å². The molecule has 1 aromatic rings. The van der Waals surface area contributed by atoms with E-state index in [4.69, 9.17) is 32.7 Å². The molecule has 0 aliphatic rings. The average molecular weight is 327 g/mol. The summed E-state index contributed by atoms with van der Waals surface area (Å²) in [5.74, 6) is 0.268. The summed E-state index contributed by atoms with van der Waals surface area (Å²) in [5, 5.41) is 0.446. The number of halogens is 2. The van der Waals surface area contributed by atoms with Gasteiger partial charge in [0.25, 0.3) is 0 Å². The zero-order valence-corrected chi connectivity index (χ0v) is 13.0. The van der Waals surface area contributed by atoms with Crippen LogP contribution in [0.5, 0.6) is 5.75 Å². The molecule has 0 saturated carbocycles. The monoisotopic (exact) mass is 326 g/mol. The minimum atomic E-state index is -2.45. The summed E-state index contributed by atoms with van der Waals surface area (Å²) in [5.41, 5.74) is 0.828. The molecule has 2 unspecified atom stereocenters.